The Morgan fingerprint density at radius 1 is 1.33 bits per heavy atom. The molecule has 0 spiro atoms. The average molecular weight is 244 g/mol. The normalized spacial score (nSPS) is 10.9. The molecule has 0 radical (unpaired) electrons. The number of aromatic amines is 1. The predicted molar refractivity (Wildman–Crippen MR) is 74.5 cm³/mol. The first-order valence-electron chi connectivity index (χ1n) is 6.38. The number of anilines is 1. The fourth-order valence-corrected chi connectivity index (χ4v) is 1.75. The second-order valence-corrected chi connectivity index (χ2v) is 4.93. The molecule has 96 valence electrons. The van der Waals surface area contributed by atoms with E-state index in [-0.39, 0.29) is 0 Å². The fraction of sp³-hybridized carbons (Fsp3) is 0.429. The Labute approximate surface area is 108 Å². The number of nitrogens with zero attached hydrogens (tertiary/aromatic N) is 2. The zero-order valence-electron chi connectivity index (χ0n) is 11.2. The summed E-state index contributed by atoms with van der Waals surface area (Å²) in [5, 5.41) is 10.5. The molecule has 0 aliphatic carbocycles. The van der Waals surface area contributed by atoms with Crippen LogP contribution in [0.25, 0.3) is 11.4 Å². The molecule has 2 N–H and O–H groups in total. The minimum atomic E-state index is 0.719. The lowest BCUT2D eigenvalue weighted by atomic mass is 10.1. The van der Waals surface area contributed by atoms with Crippen molar-refractivity contribution in [1.82, 2.24) is 15.2 Å². The third-order valence-electron chi connectivity index (χ3n) is 2.77. The van der Waals surface area contributed by atoms with E-state index < -0.39 is 0 Å². The number of rotatable bonds is 5. The quantitative estimate of drug-likeness (QED) is 0.849. The summed E-state index contributed by atoms with van der Waals surface area (Å²) in [7, 11) is 0. The largest absolute Gasteiger partial charge is 0.385 e. The molecule has 0 aliphatic rings. The van der Waals surface area contributed by atoms with Crippen LogP contribution in [0.4, 0.5) is 5.69 Å². The lowest BCUT2D eigenvalue weighted by molar-refractivity contribution is 0.607. The first-order valence-corrected chi connectivity index (χ1v) is 6.38. The van der Waals surface area contributed by atoms with E-state index in [1.165, 1.54) is 6.42 Å². The van der Waals surface area contributed by atoms with Crippen molar-refractivity contribution < 1.29 is 0 Å². The van der Waals surface area contributed by atoms with Gasteiger partial charge in [-0.1, -0.05) is 26.0 Å². The Balaban J connectivity index is 2.05. The predicted octanol–water partition coefficient (Wildman–Crippen LogP) is 3.24. The maximum absolute atomic E-state index is 4.34. The van der Waals surface area contributed by atoms with Gasteiger partial charge in [-0.15, -0.1) is 0 Å². The van der Waals surface area contributed by atoms with Gasteiger partial charge in [-0.05, 0) is 31.4 Å². The lowest BCUT2D eigenvalue weighted by Gasteiger charge is -2.08. The molecule has 2 aromatic rings. The van der Waals surface area contributed by atoms with Crippen molar-refractivity contribution in [1.29, 1.82) is 0 Å². The molecular formula is C14H20N4. The van der Waals surface area contributed by atoms with Crippen LogP contribution in [0.15, 0.2) is 24.3 Å². The number of hydrogen-bond donors (Lipinski definition) is 2. The molecule has 0 saturated carbocycles. The summed E-state index contributed by atoms with van der Waals surface area (Å²) in [5.74, 6) is 2.31. The lowest BCUT2D eigenvalue weighted by Crippen LogP contribution is -2.04. The van der Waals surface area contributed by atoms with E-state index >= 15 is 0 Å². The maximum Gasteiger partial charge on any atom is 0.181 e. The minimum absolute atomic E-state index is 0.719. The highest BCUT2D eigenvalue weighted by molar-refractivity contribution is 5.62. The standard InChI is InChI=1S/C14H20N4/c1-10(2)7-8-15-13-6-4-5-12(9-13)14-16-11(3)17-18-14/h4-6,9-10,15H,7-8H2,1-3H3,(H,16,17,18). The van der Waals surface area contributed by atoms with Crippen molar-refractivity contribution in [3.05, 3.63) is 30.1 Å². The Hall–Kier alpha value is -1.84. The van der Waals surface area contributed by atoms with Crippen LogP contribution in [0.1, 0.15) is 26.1 Å². The summed E-state index contributed by atoms with van der Waals surface area (Å²) < 4.78 is 0. The van der Waals surface area contributed by atoms with Crippen molar-refractivity contribution in [3.8, 4) is 11.4 Å². The SMILES string of the molecule is Cc1nc(-c2cccc(NCCC(C)C)c2)n[nH]1. The highest BCUT2D eigenvalue weighted by Gasteiger charge is 2.04. The zero-order chi connectivity index (χ0) is 13.0. The second kappa shape index (κ2) is 5.67. The van der Waals surface area contributed by atoms with Crippen LogP contribution >= 0.6 is 0 Å². The van der Waals surface area contributed by atoms with Gasteiger partial charge in [-0.3, -0.25) is 5.10 Å². The molecule has 1 aromatic carbocycles. The molecule has 0 aliphatic heterocycles. The first kappa shape index (κ1) is 12.6. The van der Waals surface area contributed by atoms with Gasteiger partial charge in [0.2, 0.25) is 0 Å². The van der Waals surface area contributed by atoms with Gasteiger partial charge in [0.15, 0.2) is 5.82 Å². The van der Waals surface area contributed by atoms with Gasteiger partial charge in [0.1, 0.15) is 5.82 Å². The molecule has 4 heteroatoms. The van der Waals surface area contributed by atoms with E-state index in [0.29, 0.717) is 0 Å². The highest BCUT2D eigenvalue weighted by atomic mass is 15.2. The molecule has 1 heterocycles. The summed E-state index contributed by atoms with van der Waals surface area (Å²) >= 11 is 0. The molecule has 0 bridgehead atoms. The molecule has 0 amide bonds. The zero-order valence-corrected chi connectivity index (χ0v) is 11.2. The van der Waals surface area contributed by atoms with Crippen molar-refractivity contribution in [3.63, 3.8) is 0 Å². The minimum Gasteiger partial charge on any atom is -0.385 e. The number of H-pyrrole nitrogens is 1. The third-order valence-corrected chi connectivity index (χ3v) is 2.77. The fourth-order valence-electron chi connectivity index (χ4n) is 1.75. The van der Waals surface area contributed by atoms with Crippen LogP contribution in [-0.2, 0) is 0 Å². The summed E-state index contributed by atoms with van der Waals surface area (Å²) in [4.78, 5) is 4.34. The number of aromatic nitrogens is 3. The van der Waals surface area contributed by atoms with Gasteiger partial charge in [0.25, 0.3) is 0 Å². The van der Waals surface area contributed by atoms with E-state index in [9.17, 15) is 0 Å². The van der Waals surface area contributed by atoms with Crippen molar-refractivity contribution in [2.45, 2.75) is 27.2 Å². The van der Waals surface area contributed by atoms with Gasteiger partial charge in [-0.2, -0.15) is 5.10 Å². The first-order chi connectivity index (χ1) is 8.65. The van der Waals surface area contributed by atoms with E-state index in [4.69, 9.17) is 0 Å². The van der Waals surface area contributed by atoms with Gasteiger partial charge in [-0.25, -0.2) is 4.98 Å². The molecule has 0 atom stereocenters. The molecule has 0 fully saturated rings. The van der Waals surface area contributed by atoms with Crippen molar-refractivity contribution >= 4 is 5.69 Å². The highest BCUT2D eigenvalue weighted by Crippen LogP contribution is 2.19. The van der Waals surface area contributed by atoms with Gasteiger partial charge in [0, 0.05) is 17.8 Å². The summed E-state index contributed by atoms with van der Waals surface area (Å²) in [6.45, 7) is 7.36. The average Bonchev–Trinajstić information content (AvgIpc) is 2.76. The number of hydrogen-bond acceptors (Lipinski definition) is 3. The Kier molecular flexibility index (Phi) is 3.97. The van der Waals surface area contributed by atoms with Crippen LogP contribution in [0.2, 0.25) is 0 Å². The summed E-state index contributed by atoms with van der Waals surface area (Å²) in [6.07, 6.45) is 1.17. The topological polar surface area (TPSA) is 53.6 Å². The molecule has 18 heavy (non-hydrogen) atoms. The third kappa shape index (κ3) is 3.32. The monoisotopic (exact) mass is 244 g/mol. The maximum atomic E-state index is 4.34. The van der Waals surface area contributed by atoms with Crippen LogP contribution < -0.4 is 5.32 Å². The van der Waals surface area contributed by atoms with Crippen molar-refractivity contribution in [2.75, 3.05) is 11.9 Å². The van der Waals surface area contributed by atoms with Crippen LogP contribution in [0.3, 0.4) is 0 Å². The number of benzene rings is 1. The summed E-state index contributed by atoms with van der Waals surface area (Å²) in [6, 6.07) is 8.21. The molecular weight excluding hydrogens is 224 g/mol. The van der Waals surface area contributed by atoms with E-state index in [1.54, 1.807) is 0 Å². The number of nitrogens with one attached hydrogen (secondary N) is 2. The van der Waals surface area contributed by atoms with Crippen LogP contribution in [0.5, 0.6) is 0 Å². The van der Waals surface area contributed by atoms with Crippen LogP contribution in [0, 0.1) is 12.8 Å². The Morgan fingerprint density at radius 3 is 2.83 bits per heavy atom. The molecule has 2 rings (SSSR count). The molecule has 1 aromatic heterocycles. The second-order valence-electron chi connectivity index (χ2n) is 4.93. The Morgan fingerprint density at radius 2 is 2.17 bits per heavy atom. The Bertz CT molecular complexity index is 502. The smallest absolute Gasteiger partial charge is 0.181 e. The van der Waals surface area contributed by atoms with Crippen molar-refractivity contribution in [2.24, 2.45) is 5.92 Å². The van der Waals surface area contributed by atoms with Gasteiger partial charge in [0.05, 0.1) is 0 Å². The van der Waals surface area contributed by atoms with E-state index in [1.807, 2.05) is 19.1 Å². The molecule has 0 saturated heterocycles. The summed E-state index contributed by atoms with van der Waals surface area (Å²) in [5.41, 5.74) is 2.16. The van der Waals surface area contributed by atoms with E-state index in [2.05, 4.69) is 46.5 Å². The molecule has 0 unspecified atom stereocenters. The van der Waals surface area contributed by atoms with Gasteiger partial charge < -0.3 is 5.32 Å². The number of aryl methyl sites for hydroxylation is 1. The van der Waals surface area contributed by atoms with Crippen LogP contribution in [-0.4, -0.2) is 21.7 Å². The molecule has 4 nitrogen and oxygen atoms in total. The van der Waals surface area contributed by atoms with Gasteiger partial charge >= 0.3 is 0 Å². The van der Waals surface area contributed by atoms with E-state index in [0.717, 1.165) is 35.4 Å².